The minimum absolute atomic E-state index is 0.409. The monoisotopic (exact) mass is 305 g/mol. The van der Waals surface area contributed by atoms with E-state index in [2.05, 4.69) is 49.5 Å². The third-order valence-corrected chi connectivity index (χ3v) is 4.50. The first-order valence-corrected chi connectivity index (χ1v) is 8.26. The molecule has 0 saturated heterocycles. The molecule has 1 nitrogen and oxygen atoms in total. The second-order valence-electron chi connectivity index (χ2n) is 4.77. The Balaban J connectivity index is 1.94. The summed E-state index contributed by atoms with van der Waals surface area (Å²) in [6.07, 6.45) is 0. The van der Waals surface area contributed by atoms with E-state index in [9.17, 15) is 0 Å². The molecule has 2 aromatic rings. The Hall–Kier alpha value is -0.960. The van der Waals surface area contributed by atoms with E-state index in [1.165, 1.54) is 16.0 Å². The van der Waals surface area contributed by atoms with Crippen molar-refractivity contribution in [3.63, 3.8) is 0 Å². The van der Waals surface area contributed by atoms with Crippen LogP contribution in [-0.2, 0) is 5.75 Å². The summed E-state index contributed by atoms with van der Waals surface area (Å²) in [6.45, 7) is 5.32. The third kappa shape index (κ3) is 4.55. The van der Waals surface area contributed by atoms with Gasteiger partial charge in [0, 0.05) is 21.7 Å². The summed E-state index contributed by atoms with van der Waals surface area (Å²) < 4.78 is 0. The molecule has 0 bridgehead atoms. The van der Waals surface area contributed by atoms with Gasteiger partial charge in [0.25, 0.3) is 0 Å². The zero-order valence-corrected chi connectivity index (χ0v) is 13.5. The maximum absolute atomic E-state index is 6.00. The van der Waals surface area contributed by atoms with Gasteiger partial charge in [0.15, 0.2) is 0 Å². The van der Waals surface area contributed by atoms with Crippen LogP contribution in [0.5, 0.6) is 0 Å². The zero-order chi connectivity index (χ0) is 14.4. The lowest BCUT2D eigenvalue weighted by Gasteiger charge is -2.13. The summed E-state index contributed by atoms with van der Waals surface area (Å²) in [5.41, 5.74) is 2.59. The van der Waals surface area contributed by atoms with Gasteiger partial charge >= 0.3 is 0 Å². The van der Waals surface area contributed by atoms with Crippen LogP contribution in [0.1, 0.15) is 31.0 Å². The molecule has 0 aromatic heterocycles. The molecule has 20 heavy (non-hydrogen) atoms. The van der Waals surface area contributed by atoms with Crippen LogP contribution in [-0.4, -0.2) is 6.54 Å². The Morgan fingerprint density at radius 3 is 2.55 bits per heavy atom. The second-order valence-corrected chi connectivity index (χ2v) is 6.25. The molecular formula is C17H20ClNS. The Bertz CT molecular complexity index is 539. The highest BCUT2D eigenvalue weighted by Gasteiger charge is 2.03. The van der Waals surface area contributed by atoms with Crippen molar-refractivity contribution in [2.24, 2.45) is 0 Å². The molecule has 1 unspecified atom stereocenters. The highest BCUT2D eigenvalue weighted by Crippen LogP contribution is 2.25. The van der Waals surface area contributed by atoms with E-state index in [1.54, 1.807) is 0 Å². The number of halogens is 1. The fourth-order valence-electron chi connectivity index (χ4n) is 2.07. The summed E-state index contributed by atoms with van der Waals surface area (Å²) in [7, 11) is 0. The van der Waals surface area contributed by atoms with E-state index in [-0.39, 0.29) is 0 Å². The third-order valence-electron chi connectivity index (χ3n) is 3.18. The lowest BCUT2D eigenvalue weighted by atomic mass is 10.1. The first-order chi connectivity index (χ1) is 9.69. The number of rotatable bonds is 6. The highest BCUT2D eigenvalue weighted by molar-refractivity contribution is 7.98. The van der Waals surface area contributed by atoms with Gasteiger partial charge in [-0.1, -0.05) is 42.8 Å². The van der Waals surface area contributed by atoms with Crippen LogP contribution in [0, 0.1) is 0 Å². The van der Waals surface area contributed by atoms with E-state index < -0.39 is 0 Å². The van der Waals surface area contributed by atoms with Crippen molar-refractivity contribution < 1.29 is 0 Å². The van der Waals surface area contributed by atoms with Gasteiger partial charge < -0.3 is 5.32 Å². The van der Waals surface area contributed by atoms with Gasteiger partial charge in [-0.3, -0.25) is 0 Å². The SMILES string of the molecule is CCNC(C)c1ccc(SCc2cccc(Cl)c2)cc1. The highest BCUT2D eigenvalue weighted by atomic mass is 35.5. The molecule has 0 amide bonds. The molecule has 0 aliphatic heterocycles. The lowest BCUT2D eigenvalue weighted by Crippen LogP contribution is -2.17. The van der Waals surface area contributed by atoms with Crippen molar-refractivity contribution in [1.29, 1.82) is 0 Å². The van der Waals surface area contributed by atoms with E-state index in [4.69, 9.17) is 11.6 Å². The van der Waals surface area contributed by atoms with Crippen molar-refractivity contribution in [2.75, 3.05) is 6.54 Å². The van der Waals surface area contributed by atoms with Gasteiger partial charge in [-0.15, -0.1) is 11.8 Å². The maximum atomic E-state index is 6.00. The van der Waals surface area contributed by atoms with E-state index in [0.717, 1.165) is 17.3 Å². The number of nitrogens with one attached hydrogen (secondary N) is 1. The standard InChI is InChI=1S/C17H20ClNS/c1-3-19-13(2)15-7-9-17(10-8-15)20-12-14-5-4-6-16(18)11-14/h4-11,13,19H,3,12H2,1-2H3. The van der Waals surface area contributed by atoms with Gasteiger partial charge in [0.1, 0.15) is 0 Å². The molecular weight excluding hydrogens is 286 g/mol. The fraction of sp³-hybridized carbons (Fsp3) is 0.294. The topological polar surface area (TPSA) is 12.0 Å². The van der Waals surface area contributed by atoms with Crippen LogP contribution < -0.4 is 5.32 Å². The molecule has 106 valence electrons. The van der Waals surface area contributed by atoms with E-state index >= 15 is 0 Å². The Morgan fingerprint density at radius 2 is 1.90 bits per heavy atom. The molecule has 0 radical (unpaired) electrons. The van der Waals surface area contributed by atoms with Crippen LogP contribution in [0.2, 0.25) is 5.02 Å². The summed E-state index contributed by atoms with van der Waals surface area (Å²) in [5.74, 6) is 0.947. The summed E-state index contributed by atoms with van der Waals surface area (Å²) in [4.78, 5) is 1.29. The van der Waals surface area contributed by atoms with Crippen molar-refractivity contribution >= 4 is 23.4 Å². The zero-order valence-electron chi connectivity index (χ0n) is 11.9. The lowest BCUT2D eigenvalue weighted by molar-refractivity contribution is 0.598. The van der Waals surface area contributed by atoms with Crippen molar-refractivity contribution in [1.82, 2.24) is 5.32 Å². The first-order valence-electron chi connectivity index (χ1n) is 6.89. The predicted molar refractivity (Wildman–Crippen MR) is 89.5 cm³/mol. The van der Waals surface area contributed by atoms with Crippen molar-refractivity contribution in [3.05, 3.63) is 64.7 Å². The molecule has 0 heterocycles. The molecule has 0 aliphatic rings. The molecule has 1 atom stereocenters. The van der Waals surface area contributed by atoms with Crippen LogP contribution >= 0.6 is 23.4 Å². The largest absolute Gasteiger partial charge is 0.310 e. The molecule has 1 N–H and O–H groups in total. The maximum Gasteiger partial charge on any atom is 0.0409 e. The quantitative estimate of drug-likeness (QED) is 0.727. The minimum Gasteiger partial charge on any atom is -0.310 e. The number of hydrogen-bond acceptors (Lipinski definition) is 2. The average Bonchev–Trinajstić information content (AvgIpc) is 2.46. The predicted octanol–water partition coefficient (Wildman–Crippen LogP) is 5.30. The molecule has 0 aliphatic carbocycles. The number of hydrogen-bond donors (Lipinski definition) is 1. The number of benzene rings is 2. The molecule has 0 fully saturated rings. The van der Waals surface area contributed by atoms with E-state index in [0.29, 0.717) is 6.04 Å². The minimum atomic E-state index is 0.409. The molecule has 0 spiro atoms. The fourth-order valence-corrected chi connectivity index (χ4v) is 3.12. The number of thioether (sulfide) groups is 1. The van der Waals surface area contributed by atoms with Crippen molar-refractivity contribution in [3.8, 4) is 0 Å². The van der Waals surface area contributed by atoms with Crippen LogP contribution in [0.25, 0.3) is 0 Å². The summed E-state index contributed by atoms with van der Waals surface area (Å²) >= 11 is 7.83. The van der Waals surface area contributed by atoms with E-state index in [1.807, 2.05) is 30.0 Å². The van der Waals surface area contributed by atoms with Crippen molar-refractivity contribution in [2.45, 2.75) is 30.5 Å². The van der Waals surface area contributed by atoms with Gasteiger partial charge in [-0.05, 0) is 48.9 Å². The van der Waals surface area contributed by atoms with Crippen LogP contribution in [0.15, 0.2) is 53.4 Å². The molecule has 3 heteroatoms. The Labute approximate surface area is 130 Å². The Morgan fingerprint density at radius 1 is 1.15 bits per heavy atom. The first kappa shape index (κ1) is 15.4. The molecule has 2 aromatic carbocycles. The molecule has 0 saturated carbocycles. The van der Waals surface area contributed by atoms with Crippen LogP contribution in [0.4, 0.5) is 0 Å². The van der Waals surface area contributed by atoms with Gasteiger partial charge in [-0.2, -0.15) is 0 Å². The Kier molecular flexibility index (Phi) is 5.96. The van der Waals surface area contributed by atoms with Crippen LogP contribution in [0.3, 0.4) is 0 Å². The summed E-state index contributed by atoms with van der Waals surface area (Å²) in [5, 5.41) is 4.23. The second kappa shape index (κ2) is 7.72. The average molecular weight is 306 g/mol. The van der Waals surface area contributed by atoms with Gasteiger partial charge in [-0.25, -0.2) is 0 Å². The smallest absolute Gasteiger partial charge is 0.0409 e. The van der Waals surface area contributed by atoms with Gasteiger partial charge in [0.05, 0.1) is 0 Å². The normalized spacial score (nSPS) is 12.3. The van der Waals surface area contributed by atoms with Gasteiger partial charge in [0.2, 0.25) is 0 Å². The molecule has 2 rings (SSSR count). The summed E-state index contributed by atoms with van der Waals surface area (Å²) in [6, 6.07) is 17.2.